The molecule has 0 aromatic heterocycles. The summed E-state index contributed by atoms with van der Waals surface area (Å²) in [5.41, 5.74) is 11.6. The Bertz CT molecular complexity index is 877. The van der Waals surface area contributed by atoms with Crippen molar-refractivity contribution in [3.8, 4) is 0 Å². The highest BCUT2D eigenvalue weighted by Gasteiger charge is 2.16. The van der Waals surface area contributed by atoms with Gasteiger partial charge < -0.3 is 4.90 Å². The summed E-state index contributed by atoms with van der Waals surface area (Å²) in [6.07, 6.45) is 1.81. The minimum Gasteiger partial charge on any atom is -0.305 e. The monoisotopic (exact) mass is 366 g/mol. The van der Waals surface area contributed by atoms with E-state index in [2.05, 4.69) is 16.6 Å². The number of benzene rings is 2. The molecule has 0 amide bonds. The lowest BCUT2D eigenvalue weighted by atomic mass is 9.95. The zero-order chi connectivity index (χ0) is 19.1. The number of allylic oxidation sites excluding steroid dienone is 1. The van der Waals surface area contributed by atoms with E-state index in [1.807, 2.05) is 37.2 Å². The normalized spacial score (nSPS) is 11.2. The fourth-order valence-corrected chi connectivity index (χ4v) is 2.53. The Kier molecular flexibility index (Phi) is 6.75. The van der Waals surface area contributed by atoms with Crippen LogP contribution in [0.3, 0.4) is 0 Å². The molecule has 26 heavy (non-hydrogen) atoms. The second-order valence-electron chi connectivity index (χ2n) is 6.02. The number of hydrogen-bond donors (Lipinski definition) is 0. The van der Waals surface area contributed by atoms with E-state index in [0.29, 0.717) is 28.4 Å². The fourth-order valence-electron chi connectivity index (χ4n) is 2.41. The molecule has 0 bridgehead atoms. The second-order valence-corrected chi connectivity index (χ2v) is 6.45. The van der Waals surface area contributed by atoms with E-state index in [1.54, 1.807) is 36.4 Å². The van der Waals surface area contributed by atoms with Gasteiger partial charge in [-0.3, -0.25) is 4.79 Å². The van der Waals surface area contributed by atoms with Gasteiger partial charge in [0.1, 0.15) is 0 Å². The first-order chi connectivity index (χ1) is 12.4. The third kappa shape index (κ3) is 5.33. The third-order valence-corrected chi connectivity index (χ3v) is 3.84. The van der Waals surface area contributed by atoms with Crippen molar-refractivity contribution in [3.05, 3.63) is 87.3 Å². The molecule has 0 N–H and O–H groups in total. The van der Waals surface area contributed by atoms with Gasteiger partial charge in [0.2, 0.25) is 0 Å². The highest BCUT2D eigenvalue weighted by atomic mass is 35.5. The van der Waals surface area contributed by atoms with Crippen molar-refractivity contribution in [2.45, 2.75) is 0 Å². The number of nitrogens with zero attached hydrogens (tertiary/aromatic N) is 4. The van der Waals surface area contributed by atoms with Crippen LogP contribution >= 0.6 is 11.6 Å². The van der Waals surface area contributed by atoms with Gasteiger partial charge in [0, 0.05) is 33.3 Å². The van der Waals surface area contributed by atoms with Gasteiger partial charge in [-0.15, -0.1) is 0 Å². The van der Waals surface area contributed by atoms with Gasteiger partial charge in [-0.2, -0.15) is 0 Å². The Morgan fingerprint density at radius 1 is 1.19 bits per heavy atom. The van der Waals surface area contributed by atoms with Crippen molar-refractivity contribution in [3.63, 3.8) is 0 Å². The first kappa shape index (κ1) is 19.5. The number of likely N-dealkylation sites (N-methyl/N-ethyl adjacent to an activating group) is 1. The molecule has 0 aliphatic carbocycles. The molecular formula is C20H19ClN4O. The number of azide groups is 1. The number of carbonyl (C=O) groups excluding carboxylic acids is 1. The minimum atomic E-state index is -0.134. The zero-order valence-corrected chi connectivity index (χ0v) is 15.4. The van der Waals surface area contributed by atoms with Crippen LogP contribution in [0.5, 0.6) is 0 Å². The molecule has 0 spiro atoms. The van der Waals surface area contributed by atoms with Crippen molar-refractivity contribution >= 4 is 34.7 Å². The van der Waals surface area contributed by atoms with Gasteiger partial charge in [0.25, 0.3) is 0 Å². The molecule has 0 radical (unpaired) electrons. The average molecular weight is 367 g/mol. The van der Waals surface area contributed by atoms with Crippen LogP contribution in [0.2, 0.25) is 5.02 Å². The van der Waals surface area contributed by atoms with E-state index < -0.39 is 0 Å². The lowest BCUT2D eigenvalue weighted by Gasteiger charge is -2.14. The molecule has 2 aromatic rings. The predicted octanol–water partition coefficient (Wildman–Crippen LogP) is 5.51. The number of hydrogen-bond acceptors (Lipinski definition) is 3. The Balaban J connectivity index is 2.46. The average Bonchev–Trinajstić information content (AvgIpc) is 2.61. The molecule has 0 aliphatic rings. The lowest BCUT2D eigenvalue weighted by Crippen LogP contribution is -2.19. The molecule has 132 valence electrons. The van der Waals surface area contributed by atoms with Crippen molar-refractivity contribution < 1.29 is 4.79 Å². The van der Waals surface area contributed by atoms with Crippen LogP contribution in [-0.2, 0) is 4.79 Å². The van der Waals surface area contributed by atoms with Gasteiger partial charge in [0.15, 0.2) is 5.78 Å². The van der Waals surface area contributed by atoms with Crippen molar-refractivity contribution in [2.75, 3.05) is 20.6 Å². The number of Topliss-reactive ketones (excluding diaryl/α,β-unsaturated/α-hetero) is 1. The molecule has 5 nitrogen and oxygen atoms in total. The molecule has 2 rings (SSSR count). The molecule has 0 saturated carbocycles. The Hall–Kier alpha value is -2.85. The first-order valence-corrected chi connectivity index (χ1v) is 8.28. The van der Waals surface area contributed by atoms with Crippen molar-refractivity contribution in [1.82, 2.24) is 4.90 Å². The maximum atomic E-state index is 13.0. The van der Waals surface area contributed by atoms with Crippen LogP contribution < -0.4 is 0 Å². The summed E-state index contributed by atoms with van der Waals surface area (Å²) in [4.78, 5) is 17.6. The lowest BCUT2D eigenvalue weighted by molar-refractivity contribution is -0.110. The second kappa shape index (κ2) is 9.02. The quantitative estimate of drug-likeness (QED) is 0.213. The molecule has 0 unspecified atom stereocenters. The summed E-state index contributed by atoms with van der Waals surface area (Å²) in [6, 6.07) is 14.1. The molecule has 0 saturated heterocycles. The van der Waals surface area contributed by atoms with E-state index in [9.17, 15) is 4.79 Å². The van der Waals surface area contributed by atoms with E-state index in [1.165, 1.54) is 0 Å². The minimum absolute atomic E-state index is 0.134. The maximum Gasteiger partial charge on any atom is 0.190 e. The highest BCUT2D eigenvalue weighted by Crippen LogP contribution is 2.25. The summed E-state index contributed by atoms with van der Waals surface area (Å²) < 4.78 is 0. The first-order valence-electron chi connectivity index (χ1n) is 7.90. The Labute approximate surface area is 157 Å². The SMILES string of the molecule is C=C(CN(C)C)C(=O)/C(=C\c1ccc(Cl)cc1)c1ccc(N=[N+]=[N-])cc1. The van der Waals surface area contributed by atoms with E-state index >= 15 is 0 Å². The maximum absolute atomic E-state index is 13.0. The molecule has 0 fully saturated rings. The summed E-state index contributed by atoms with van der Waals surface area (Å²) in [6.45, 7) is 4.39. The van der Waals surface area contributed by atoms with Crippen LogP contribution in [0, 0.1) is 0 Å². The predicted molar refractivity (Wildman–Crippen MR) is 107 cm³/mol. The largest absolute Gasteiger partial charge is 0.305 e. The molecule has 0 heterocycles. The van der Waals surface area contributed by atoms with Crippen LogP contribution in [0.1, 0.15) is 11.1 Å². The van der Waals surface area contributed by atoms with Crippen molar-refractivity contribution in [2.24, 2.45) is 5.11 Å². The van der Waals surface area contributed by atoms with E-state index in [4.69, 9.17) is 17.1 Å². The van der Waals surface area contributed by atoms with Gasteiger partial charge in [-0.1, -0.05) is 59.7 Å². The smallest absolute Gasteiger partial charge is 0.190 e. The fraction of sp³-hybridized carbons (Fsp3) is 0.150. The molecule has 6 heteroatoms. The van der Waals surface area contributed by atoms with Crippen LogP contribution in [0.4, 0.5) is 5.69 Å². The van der Waals surface area contributed by atoms with Crippen LogP contribution in [0.25, 0.3) is 22.1 Å². The Morgan fingerprint density at radius 3 is 2.35 bits per heavy atom. The van der Waals surface area contributed by atoms with Gasteiger partial charge in [-0.25, -0.2) is 0 Å². The molecule has 0 atom stereocenters. The summed E-state index contributed by atoms with van der Waals surface area (Å²) in [5, 5.41) is 4.19. The number of ketones is 1. The summed E-state index contributed by atoms with van der Waals surface area (Å²) in [7, 11) is 3.77. The number of rotatable bonds is 7. The van der Waals surface area contributed by atoms with Gasteiger partial charge in [0.05, 0.1) is 0 Å². The standard InChI is InChI=1S/C20H19ClN4O/c1-14(13-25(2)3)20(26)19(12-15-4-8-17(21)9-5-15)16-6-10-18(11-7-16)23-24-22/h4-12H,1,13H2,2-3H3/b19-12-. The third-order valence-electron chi connectivity index (χ3n) is 3.59. The molecular weight excluding hydrogens is 348 g/mol. The van der Waals surface area contributed by atoms with E-state index in [-0.39, 0.29) is 5.78 Å². The molecule has 0 aliphatic heterocycles. The van der Waals surface area contributed by atoms with Crippen LogP contribution in [-0.4, -0.2) is 31.3 Å². The number of carbonyl (C=O) groups is 1. The van der Waals surface area contributed by atoms with Gasteiger partial charge in [-0.05, 0) is 49.0 Å². The zero-order valence-electron chi connectivity index (χ0n) is 14.7. The summed E-state index contributed by atoms with van der Waals surface area (Å²) >= 11 is 5.94. The topological polar surface area (TPSA) is 69.1 Å². The summed E-state index contributed by atoms with van der Waals surface area (Å²) in [5.74, 6) is -0.134. The van der Waals surface area contributed by atoms with E-state index in [0.717, 1.165) is 11.1 Å². The van der Waals surface area contributed by atoms with Crippen LogP contribution in [0.15, 0.2) is 65.8 Å². The van der Waals surface area contributed by atoms with Crippen molar-refractivity contribution in [1.29, 1.82) is 0 Å². The highest BCUT2D eigenvalue weighted by molar-refractivity contribution is 6.32. The molecule has 2 aromatic carbocycles. The Morgan fingerprint density at radius 2 is 1.81 bits per heavy atom. The number of halogens is 1. The van der Waals surface area contributed by atoms with Gasteiger partial charge >= 0.3 is 0 Å².